The lowest BCUT2D eigenvalue weighted by Crippen LogP contribution is -2.24. The molecule has 0 saturated carbocycles. The largest absolute Gasteiger partial charge is 0.465 e. The molecule has 0 bridgehead atoms. The first-order valence-corrected chi connectivity index (χ1v) is 7.85. The minimum absolute atomic E-state index is 0.0164. The summed E-state index contributed by atoms with van der Waals surface area (Å²) in [5.74, 6) is -0.360. The van der Waals surface area contributed by atoms with E-state index in [1.165, 1.54) is 7.11 Å². The molecule has 2 aromatic rings. The van der Waals surface area contributed by atoms with Crippen LogP contribution in [-0.2, 0) is 4.74 Å². The van der Waals surface area contributed by atoms with Crippen molar-refractivity contribution in [2.75, 3.05) is 18.6 Å². The molecule has 120 valence electrons. The number of carbonyl (C=O) groups excluding carboxylic acids is 1. The maximum atomic E-state index is 11.5. The monoisotopic (exact) mass is 331 g/mol. The van der Waals surface area contributed by atoms with Crippen molar-refractivity contribution < 1.29 is 14.6 Å². The molecule has 1 saturated heterocycles. The number of halogens is 1. The molecular weight excluding hydrogens is 314 g/mol. The number of aliphatic hydroxyl groups is 1. The number of esters is 1. The first-order chi connectivity index (χ1) is 11.1. The van der Waals surface area contributed by atoms with Crippen molar-refractivity contribution in [2.24, 2.45) is 0 Å². The molecule has 0 aliphatic carbocycles. The smallest absolute Gasteiger partial charge is 0.337 e. The van der Waals surface area contributed by atoms with E-state index in [2.05, 4.69) is 4.90 Å². The maximum absolute atomic E-state index is 11.5. The number of carbonyl (C=O) groups is 1. The highest BCUT2D eigenvalue weighted by atomic mass is 35.5. The number of aliphatic hydroxyl groups excluding tert-OH is 1. The number of rotatable bonds is 3. The Morgan fingerprint density at radius 3 is 2.57 bits per heavy atom. The highest BCUT2D eigenvalue weighted by Crippen LogP contribution is 2.39. The van der Waals surface area contributed by atoms with Crippen molar-refractivity contribution >= 4 is 23.3 Å². The Balaban J connectivity index is 1.91. The Kier molecular flexibility index (Phi) is 4.55. The lowest BCUT2D eigenvalue weighted by Gasteiger charge is -2.27. The average molecular weight is 332 g/mol. The number of anilines is 1. The Labute approximate surface area is 140 Å². The highest BCUT2D eigenvalue weighted by Gasteiger charge is 2.33. The van der Waals surface area contributed by atoms with Crippen LogP contribution in [0.4, 0.5) is 5.69 Å². The quantitative estimate of drug-likeness (QED) is 0.875. The molecule has 1 N–H and O–H groups in total. The number of hydrogen-bond donors (Lipinski definition) is 1. The molecule has 2 unspecified atom stereocenters. The molecule has 0 radical (unpaired) electrons. The van der Waals surface area contributed by atoms with Gasteiger partial charge in [-0.15, -0.1) is 0 Å². The summed E-state index contributed by atoms with van der Waals surface area (Å²) >= 11 is 6.32. The molecule has 1 aliphatic rings. The van der Waals surface area contributed by atoms with Gasteiger partial charge in [0, 0.05) is 17.3 Å². The number of methoxy groups -OCH3 is 1. The van der Waals surface area contributed by atoms with Crippen molar-refractivity contribution in [3.05, 3.63) is 64.7 Å². The molecule has 0 aromatic heterocycles. The average Bonchev–Trinajstić information content (AvgIpc) is 2.96. The van der Waals surface area contributed by atoms with E-state index in [9.17, 15) is 9.90 Å². The minimum atomic E-state index is -0.406. The van der Waals surface area contributed by atoms with E-state index in [4.69, 9.17) is 16.3 Å². The molecule has 1 aliphatic heterocycles. The molecule has 5 heteroatoms. The van der Waals surface area contributed by atoms with Gasteiger partial charge in [-0.1, -0.05) is 29.8 Å². The summed E-state index contributed by atoms with van der Waals surface area (Å²) in [5, 5.41) is 10.8. The van der Waals surface area contributed by atoms with Gasteiger partial charge < -0.3 is 14.7 Å². The van der Waals surface area contributed by atoms with Crippen molar-refractivity contribution in [3.8, 4) is 0 Å². The van der Waals surface area contributed by atoms with E-state index < -0.39 is 6.10 Å². The molecule has 0 amide bonds. The molecule has 2 aromatic carbocycles. The number of nitrogens with zero attached hydrogens (tertiary/aromatic N) is 1. The number of hydrogen-bond acceptors (Lipinski definition) is 4. The third kappa shape index (κ3) is 3.19. The lowest BCUT2D eigenvalue weighted by atomic mass is 10.0. The molecule has 23 heavy (non-hydrogen) atoms. The van der Waals surface area contributed by atoms with Crippen LogP contribution in [0.1, 0.15) is 28.4 Å². The summed E-state index contributed by atoms with van der Waals surface area (Å²) < 4.78 is 4.71. The van der Waals surface area contributed by atoms with Crippen LogP contribution in [-0.4, -0.2) is 30.8 Å². The van der Waals surface area contributed by atoms with E-state index >= 15 is 0 Å². The van der Waals surface area contributed by atoms with Gasteiger partial charge in [0.1, 0.15) is 0 Å². The number of β-amino-alcohol motifs (C(OH)–C–C–N with tert-alkyl or cyclic N) is 1. The maximum Gasteiger partial charge on any atom is 0.337 e. The second-order valence-electron chi connectivity index (χ2n) is 5.62. The summed E-state index contributed by atoms with van der Waals surface area (Å²) in [6, 6.07) is 14.9. The molecule has 2 atom stereocenters. The Hall–Kier alpha value is -2.04. The summed E-state index contributed by atoms with van der Waals surface area (Å²) in [4.78, 5) is 13.7. The molecule has 0 spiro atoms. The predicted molar refractivity (Wildman–Crippen MR) is 89.9 cm³/mol. The first-order valence-electron chi connectivity index (χ1n) is 7.47. The standard InChI is InChI=1S/C18H18ClNO3/c1-23-18(22)12-6-8-13(9-7-12)20-11-14(21)10-17(20)15-4-2-3-5-16(15)19/h2-9,14,17,21H,10-11H2,1H3. The van der Waals surface area contributed by atoms with Gasteiger partial charge in [-0.25, -0.2) is 4.79 Å². The van der Waals surface area contributed by atoms with E-state index in [0.717, 1.165) is 11.3 Å². The van der Waals surface area contributed by atoms with Crippen LogP contribution < -0.4 is 4.90 Å². The van der Waals surface area contributed by atoms with Gasteiger partial charge in [0.2, 0.25) is 0 Å². The number of benzene rings is 2. The third-order valence-corrected chi connectivity index (χ3v) is 4.51. The Bertz CT molecular complexity index is 702. The van der Waals surface area contributed by atoms with E-state index in [0.29, 0.717) is 23.6 Å². The summed E-state index contributed by atoms with van der Waals surface area (Å²) in [6.07, 6.45) is 0.222. The Morgan fingerprint density at radius 1 is 1.22 bits per heavy atom. The van der Waals surface area contributed by atoms with Crippen molar-refractivity contribution in [1.29, 1.82) is 0 Å². The topological polar surface area (TPSA) is 49.8 Å². The normalized spacial score (nSPS) is 20.6. The summed E-state index contributed by atoms with van der Waals surface area (Å²) in [5.41, 5.74) is 2.45. The van der Waals surface area contributed by atoms with Gasteiger partial charge in [0.05, 0.1) is 24.8 Å². The van der Waals surface area contributed by atoms with Gasteiger partial charge in [-0.2, -0.15) is 0 Å². The first kappa shape index (κ1) is 15.8. The lowest BCUT2D eigenvalue weighted by molar-refractivity contribution is 0.0600. The molecule has 3 rings (SSSR count). The van der Waals surface area contributed by atoms with E-state index in [-0.39, 0.29) is 12.0 Å². The fraction of sp³-hybridized carbons (Fsp3) is 0.278. The second kappa shape index (κ2) is 6.60. The third-order valence-electron chi connectivity index (χ3n) is 4.16. The van der Waals surface area contributed by atoms with Crippen molar-refractivity contribution in [3.63, 3.8) is 0 Å². The zero-order chi connectivity index (χ0) is 16.4. The van der Waals surface area contributed by atoms with Gasteiger partial charge in [-0.05, 0) is 42.3 Å². The second-order valence-corrected chi connectivity index (χ2v) is 6.02. The van der Waals surface area contributed by atoms with Gasteiger partial charge in [0.25, 0.3) is 0 Å². The van der Waals surface area contributed by atoms with Crippen molar-refractivity contribution in [1.82, 2.24) is 0 Å². The molecule has 1 fully saturated rings. The minimum Gasteiger partial charge on any atom is -0.465 e. The molecular formula is C18H18ClNO3. The highest BCUT2D eigenvalue weighted by molar-refractivity contribution is 6.31. The van der Waals surface area contributed by atoms with Gasteiger partial charge in [0.15, 0.2) is 0 Å². The summed E-state index contributed by atoms with van der Waals surface area (Å²) in [6.45, 7) is 0.535. The predicted octanol–water partition coefficient (Wildman–Crippen LogP) is 3.44. The van der Waals surface area contributed by atoms with Crippen LogP contribution in [0.3, 0.4) is 0 Å². The number of ether oxygens (including phenoxy) is 1. The molecule has 1 heterocycles. The van der Waals surface area contributed by atoms with Crippen LogP contribution in [0, 0.1) is 0 Å². The zero-order valence-electron chi connectivity index (χ0n) is 12.8. The van der Waals surface area contributed by atoms with Crippen LogP contribution in [0.2, 0.25) is 5.02 Å². The van der Waals surface area contributed by atoms with Crippen LogP contribution >= 0.6 is 11.6 Å². The SMILES string of the molecule is COC(=O)c1ccc(N2CC(O)CC2c2ccccc2Cl)cc1. The zero-order valence-corrected chi connectivity index (χ0v) is 13.5. The van der Waals surface area contributed by atoms with Gasteiger partial charge >= 0.3 is 5.97 Å². The van der Waals surface area contributed by atoms with Crippen molar-refractivity contribution in [2.45, 2.75) is 18.6 Å². The fourth-order valence-electron chi connectivity index (χ4n) is 3.05. The van der Waals surface area contributed by atoms with Crippen LogP contribution in [0.15, 0.2) is 48.5 Å². The Morgan fingerprint density at radius 2 is 1.91 bits per heavy atom. The van der Waals surface area contributed by atoms with Gasteiger partial charge in [-0.3, -0.25) is 0 Å². The van der Waals surface area contributed by atoms with E-state index in [1.54, 1.807) is 12.1 Å². The van der Waals surface area contributed by atoms with Crippen LogP contribution in [0.5, 0.6) is 0 Å². The van der Waals surface area contributed by atoms with E-state index in [1.807, 2.05) is 36.4 Å². The van der Waals surface area contributed by atoms with Crippen LogP contribution in [0.25, 0.3) is 0 Å². The fourth-order valence-corrected chi connectivity index (χ4v) is 3.31. The summed E-state index contributed by atoms with van der Waals surface area (Å²) in [7, 11) is 1.36. The molecule has 4 nitrogen and oxygen atoms in total.